The van der Waals surface area contributed by atoms with Gasteiger partial charge in [-0.15, -0.1) is 0 Å². The predicted octanol–water partition coefficient (Wildman–Crippen LogP) is 2.85. The second kappa shape index (κ2) is 5.20. The Kier molecular flexibility index (Phi) is 4.21. The molecule has 0 fully saturated rings. The Morgan fingerprint density at radius 3 is 2.71 bits per heavy atom. The van der Waals surface area contributed by atoms with Crippen LogP contribution in [-0.2, 0) is 6.42 Å². The van der Waals surface area contributed by atoms with E-state index in [9.17, 15) is 0 Å². The van der Waals surface area contributed by atoms with Crippen LogP contribution in [0.1, 0.15) is 33.0 Å². The van der Waals surface area contributed by atoms with Gasteiger partial charge in [0.25, 0.3) is 0 Å². The van der Waals surface area contributed by atoms with Gasteiger partial charge >= 0.3 is 0 Å². The molecule has 2 nitrogen and oxygen atoms in total. The Labute approximate surface area is 86.7 Å². The summed E-state index contributed by atoms with van der Waals surface area (Å²) in [6, 6.07) is 4.01. The molecule has 0 bridgehead atoms. The molecule has 0 aromatic carbocycles. The molecule has 2 heteroatoms. The highest BCUT2D eigenvalue weighted by Gasteiger charge is 2.23. The summed E-state index contributed by atoms with van der Waals surface area (Å²) in [5.41, 5.74) is 0.313. The average Bonchev–Trinajstić information content (AvgIpc) is 2.67. The molecule has 1 heterocycles. The van der Waals surface area contributed by atoms with E-state index in [1.54, 1.807) is 6.26 Å². The molecule has 1 aromatic rings. The molecule has 0 amide bonds. The largest absolute Gasteiger partial charge is 0.469 e. The van der Waals surface area contributed by atoms with E-state index in [1.807, 2.05) is 6.07 Å². The molecule has 1 atom stereocenters. The van der Waals surface area contributed by atoms with Crippen LogP contribution >= 0.6 is 0 Å². The Balaban J connectivity index is 2.52. The standard InChI is InChI=1S/C12H21NO/c1-4-12(3,10-13-5-2)9-11-7-6-8-14-11/h6-8,13H,4-5,9-10H2,1-3H3. The summed E-state index contributed by atoms with van der Waals surface area (Å²) >= 11 is 0. The van der Waals surface area contributed by atoms with E-state index in [1.165, 1.54) is 6.42 Å². The van der Waals surface area contributed by atoms with Gasteiger partial charge in [0.05, 0.1) is 6.26 Å². The molecule has 1 aromatic heterocycles. The third kappa shape index (κ3) is 3.18. The van der Waals surface area contributed by atoms with E-state index >= 15 is 0 Å². The third-order valence-electron chi connectivity index (χ3n) is 2.84. The van der Waals surface area contributed by atoms with Crippen molar-refractivity contribution >= 4 is 0 Å². The first-order valence-electron chi connectivity index (χ1n) is 5.43. The smallest absolute Gasteiger partial charge is 0.104 e. The van der Waals surface area contributed by atoms with Crippen LogP contribution in [0.5, 0.6) is 0 Å². The van der Waals surface area contributed by atoms with Crippen LogP contribution in [0.4, 0.5) is 0 Å². The minimum absolute atomic E-state index is 0.313. The maximum absolute atomic E-state index is 5.38. The quantitative estimate of drug-likeness (QED) is 0.755. The zero-order valence-electron chi connectivity index (χ0n) is 9.47. The molecule has 0 radical (unpaired) electrons. The van der Waals surface area contributed by atoms with Crippen molar-refractivity contribution in [3.8, 4) is 0 Å². The third-order valence-corrected chi connectivity index (χ3v) is 2.84. The van der Waals surface area contributed by atoms with Crippen LogP contribution in [0.25, 0.3) is 0 Å². The van der Waals surface area contributed by atoms with Crippen molar-refractivity contribution in [2.24, 2.45) is 5.41 Å². The first kappa shape index (κ1) is 11.3. The first-order chi connectivity index (χ1) is 6.70. The van der Waals surface area contributed by atoms with Crippen LogP contribution in [0.15, 0.2) is 22.8 Å². The van der Waals surface area contributed by atoms with Crippen LogP contribution in [-0.4, -0.2) is 13.1 Å². The Morgan fingerprint density at radius 2 is 2.21 bits per heavy atom. The molecule has 0 aliphatic rings. The van der Waals surface area contributed by atoms with Crippen molar-refractivity contribution in [2.45, 2.75) is 33.6 Å². The van der Waals surface area contributed by atoms with E-state index in [0.29, 0.717) is 5.41 Å². The van der Waals surface area contributed by atoms with Gasteiger partial charge in [0.1, 0.15) is 5.76 Å². The molecule has 0 aliphatic carbocycles. The zero-order valence-corrected chi connectivity index (χ0v) is 9.47. The maximum Gasteiger partial charge on any atom is 0.104 e. The van der Waals surface area contributed by atoms with E-state index in [0.717, 1.165) is 25.3 Å². The van der Waals surface area contributed by atoms with Gasteiger partial charge < -0.3 is 9.73 Å². The van der Waals surface area contributed by atoms with Gasteiger partial charge in [0.2, 0.25) is 0 Å². The highest BCUT2D eigenvalue weighted by atomic mass is 16.3. The predicted molar refractivity (Wildman–Crippen MR) is 59.4 cm³/mol. The fourth-order valence-corrected chi connectivity index (χ4v) is 1.57. The number of rotatable bonds is 6. The fraction of sp³-hybridized carbons (Fsp3) is 0.667. The highest BCUT2D eigenvalue weighted by Crippen LogP contribution is 2.25. The number of nitrogens with one attached hydrogen (secondary N) is 1. The van der Waals surface area contributed by atoms with Crippen molar-refractivity contribution in [3.05, 3.63) is 24.2 Å². The summed E-state index contributed by atoms with van der Waals surface area (Å²) in [7, 11) is 0. The van der Waals surface area contributed by atoms with Crippen LogP contribution < -0.4 is 5.32 Å². The summed E-state index contributed by atoms with van der Waals surface area (Å²) in [5, 5.41) is 3.41. The van der Waals surface area contributed by atoms with Crippen molar-refractivity contribution in [1.82, 2.24) is 5.32 Å². The molecule has 1 N–H and O–H groups in total. The van der Waals surface area contributed by atoms with Crippen molar-refractivity contribution in [2.75, 3.05) is 13.1 Å². The summed E-state index contributed by atoms with van der Waals surface area (Å²) in [6.45, 7) is 8.77. The molecule has 0 aliphatic heterocycles. The highest BCUT2D eigenvalue weighted by molar-refractivity contribution is 5.01. The maximum atomic E-state index is 5.38. The van der Waals surface area contributed by atoms with Gasteiger partial charge in [-0.2, -0.15) is 0 Å². The minimum atomic E-state index is 0.313. The van der Waals surface area contributed by atoms with Gasteiger partial charge in [-0.25, -0.2) is 0 Å². The Bertz CT molecular complexity index is 243. The van der Waals surface area contributed by atoms with Crippen LogP contribution in [0.2, 0.25) is 0 Å². The van der Waals surface area contributed by atoms with Crippen LogP contribution in [0.3, 0.4) is 0 Å². The molecule has 14 heavy (non-hydrogen) atoms. The summed E-state index contributed by atoms with van der Waals surface area (Å²) in [6.07, 6.45) is 3.93. The molecular formula is C12H21NO. The Hall–Kier alpha value is -0.760. The molecular weight excluding hydrogens is 174 g/mol. The zero-order chi connectivity index (χ0) is 10.4. The summed E-state index contributed by atoms with van der Waals surface area (Å²) < 4.78 is 5.38. The lowest BCUT2D eigenvalue weighted by atomic mass is 9.83. The van der Waals surface area contributed by atoms with Crippen molar-refractivity contribution in [3.63, 3.8) is 0 Å². The number of hydrogen-bond donors (Lipinski definition) is 1. The molecule has 80 valence electrons. The van der Waals surface area contributed by atoms with E-state index in [4.69, 9.17) is 4.42 Å². The molecule has 0 saturated heterocycles. The minimum Gasteiger partial charge on any atom is -0.469 e. The normalized spacial score (nSPS) is 15.4. The van der Waals surface area contributed by atoms with Gasteiger partial charge in [-0.05, 0) is 30.5 Å². The lowest BCUT2D eigenvalue weighted by molar-refractivity contribution is 0.271. The topological polar surface area (TPSA) is 25.2 Å². The SMILES string of the molecule is CCNCC(C)(CC)Cc1ccco1. The first-order valence-corrected chi connectivity index (χ1v) is 5.43. The summed E-state index contributed by atoms with van der Waals surface area (Å²) in [5.74, 6) is 1.09. The van der Waals surface area contributed by atoms with Crippen LogP contribution in [0, 0.1) is 5.41 Å². The fourth-order valence-electron chi connectivity index (χ4n) is 1.57. The van der Waals surface area contributed by atoms with Crippen molar-refractivity contribution in [1.29, 1.82) is 0 Å². The molecule has 0 saturated carbocycles. The van der Waals surface area contributed by atoms with Gasteiger partial charge in [-0.1, -0.05) is 20.8 Å². The average molecular weight is 195 g/mol. The summed E-state index contributed by atoms with van der Waals surface area (Å²) in [4.78, 5) is 0. The van der Waals surface area contributed by atoms with E-state index in [2.05, 4.69) is 32.2 Å². The second-order valence-corrected chi connectivity index (χ2v) is 4.20. The molecule has 1 unspecified atom stereocenters. The van der Waals surface area contributed by atoms with Gasteiger partial charge in [0, 0.05) is 13.0 Å². The monoisotopic (exact) mass is 195 g/mol. The second-order valence-electron chi connectivity index (χ2n) is 4.20. The number of hydrogen-bond acceptors (Lipinski definition) is 2. The van der Waals surface area contributed by atoms with Gasteiger partial charge in [0.15, 0.2) is 0 Å². The number of furan rings is 1. The van der Waals surface area contributed by atoms with Gasteiger partial charge in [-0.3, -0.25) is 0 Å². The van der Waals surface area contributed by atoms with E-state index < -0.39 is 0 Å². The lowest BCUT2D eigenvalue weighted by Gasteiger charge is -2.27. The Morgan fingerprint density at radius 1 is 1.43 bits per heavy atom. The van der Waals surface area contributed by atoms with Crippen molar-refractivity contribution < 1.29 is 4.42 Å². The lowest BCUT2D eigenvalue weighted by Crippen LogP contribution is -2.33. The van der Waals surface area contributed by atoms with E-state index in [-0.39, 0.29) is 0 Å². The molecule has 1 rings (SSSR count). The molecule has 0 spiro atoms.